The predicted molar refractivity (Wildman–Crippen MR) is 162 cm³/mol. The summed E-state index contributed by atoms with van der Waals surface area (Å²) in [5.41, 5.74) is 4.12. The van der Waals surface area contributed by atoms with Crippen LogP contribution in [0, 0.1) is 5.92 Å². The molecule has 0 saturated heterocycles. The van der Waals surface area contributed by atoms with Crippen molar-refractivity contribution >= 4 is 14.9 Å². The van der Waals surface area contributed by atoms with Gasteiger partial charge in [0.15, 0.2) is 0 Å². The highest BCUT2D eigenvalue weighted by Gasteiger charge is 2.39. The molecule has 6 nitrogen and oxygen atoms in total. The second-order valence-corrected chi connectivity index (χ2v) is 12.8. The van der Waals surface area contributed by atoms with Gasteiger partial charge < -0.3 is 23.3 Å². The van der Waals surface area contributed by atoms with Crippen molar-refractivity contribution in [3.63, 3.8) is 0 Å². The van der Waals surface area contributed by atoms with Crippen LogP contribution in [0.3, 0.4) is 0 Å². The Balaban J connectivity index is 4.13. The average Bonchev–Trinajstić information content (AvgIpc) is 2.85. The Morgan fingerprint density at radius 1 is 0.842 bits per heavy atom. The van der Waals surface area contributed by atoms with Crippen molar-refractivity contribution in [2.45, 2.75) is 106 Å². The quantitative estimate of drug-likeness (QED) is 0.0632. The van der Waals surface area contributed by atoms with E-state index in [9.17, 15) is 4.79 Å². The smallest absolute Gasteiger partial charge is 0.449 e. The summed E-state index contributed by atoms with van der Waals surface area (Å²) in [4.78, 5) is 12.0. The van der Waals surface area contributed by atoms with Crippen LogP contribution in [0.5, 0.6) is 0 Å². The maximum absolute atomic E-state index is 12.0. The zero-order valence-corrected chi connectivity index (χ0v) is 26.7. The van der Waals surface area contributed by atoms with Crippen LogP contribution in [0.4, 0.5) is 4.79 Å². The molecule has 0 fully saturated rings. The molecule has 0 bridgehead atoms. The van der Waals surface area contributed by atoms with E-state index in [2.05, 4.69) is 70.3 Å². The molecule has 38 heavy (non-hydrogen) atoms. The van der Waals surface area contributed by atoms with Crippen molar-refractivity contribution in [1.29, 1.82) is 0 Å². The third kappa shape index (κ3) is 20.3. The molecule has 0 aliphatic carbocycles. The van der Waals surface area contributed by atoms with Gasteiger partial charge in [-0.05, 0) is 92.4 Å². The first kappa shape index (κ1) is 36.3. The second-order valence-electron chi connectivity index (χ2n) is 10.1. The highest BCUT2D eigenvalue weighted by Crippen LogP contribution is 2.18. The zero-order valence-electron chi connectivity index (χ0n) is 25.7. The third-order valence-electron chi connectivity index (χ3n) is 5.89. The molecule has 0 rings (SSSR count). The summed E-state index contributed by atoms with van der Waals surface area (Å²) in [6.45, 7) is 19.4. The largest absolute Gasteiger partial charge is 0.500 e. The topological polar surface area (TPSA) is 66.0 Å². The van der Waals surface area contributed by atoms with E-state index in [1.165, 1.54) is 16.7 Å². The first-order valence-electron chi connectivity index (χ1n) is 14.6. The van der Waals surface area contributed by atoms with Gasteiger partial charge in [0.05, 0.1) is 6.61 Å². The van der Waals surface area contributed by atoms with Crippen molar-refractivity contribution in [3.05, 3.63) is 47.1 Å². The van der Waals surface area contributed by atoms with E-state index >= 15 is 0 Å². The molecule has 1 N–H and O–H groups in total. The fourth-order valence-electron chi connectivity index (χ4n) is 3.88. The van der Waals surface area contributed by atoms with Crippen LogP contribution in [-0.2, 0) is 18.0 Å². The number of amides is 1. The molecule has 0 aliphatic rings. The number of rotatable bonds is 22. The van der Waals surface area contributed by atoms with Crippen molar-refractivity contribution in [1.82, 2.24) is 5.32 Å². The molecule has 7 heteroatoms. The van der Waals surface area contributed by atoms with Crippen molar-refractivity contribution in [3.8, 4) is 0 Å². The van der Waals surface area contributed by atoms with Gasteiger partial charge in [-0.3, -0.25) is 0 Å². The number of ether oxygens (including phenoxy) is 1. The van der Waals surface area contributed by atoms with E-state index < -0.39 is 8.80 Å². The Bertz CT molecular complexity index is 726. The van der Waals surface area contributed by atoms with Gasteiger partial charge in [-0.2, -0.15) is 0 Å². The first-order chi connectivity index (χ1) is 18.2. The fraction of sp³-hybridized carbons (Fsp3) is 0.710. The van der Waals surface area contributed by atoms with Crippen LogP contribution >= 0.6 is 0 Å². The number of alkyl carbamates (subject to hydrolysis) is 1. The standard InChI is InChI=1S/C31H57NO5Si/c1-9-35-38(36-10-2,37-11-3)26-16-24-32-31(33)34-25-15-23-30(8)22-14-21-29(7)20-13-19-28(6)18-12-17-27(4)5/h12,18-19,21,23,27H,9-11,13-17,20,22,24-26H2,1-8H3,(H,32,33)/b18-12+,28-19+,29-21+,30-23+. The summed E-state index contributed by atoms with van der Waals surface area (Å²) in [6, 6.07) is 0.671. The van der Waals surface area contributed by atoms with Crippen LogP contribution in [0.2, 0.25) is 6.04 Å². The molecule has 0 aromatic heterocycles. The van der Waals surface area contributed by atoms with E-state index in [-0.39, 0.29) is 6.09 Å². The van der Waals surface area contributed by atoms with Gasteiger partial charge >= 0.3 is 14.9 Å². The molecule has 0 spiro atoms. The molecular formula is C31H57NO5Si. The minimum absolute atomic E-state index is 0.380. The maximum atomic E-state index is 12.0. The molecule has 0 unspecified atom stereocenters. The summed E-state index contributed by atoms with van der Waals surface area (Å²) in [5, 5.41) is 2.81. The average molecular weight is 552 g/mol. The predicted octanol–water partition coefficient (Wildman–Crippen LogP) is 8.54. The number of carbonyl (C=O) groups excluding carboxylic acids is 1. The molecular weight excluding hydrogens is 494 g/mol. The minimum Gasteiger partial charge on any atom is -0.449 e. The van der Waals surface area contributed by atoms with Crippen molar-refractivity contribution in [2.24, 2.45) is 5.92 Å². The summed E-state index contributed by atoms with van der Waals surface area (Å²) in [6.07, 6.45) is 17.8. The Morgan fingerprint density at radius 2 is 1.39 bits per heavy atom. The van der Waals surface area contributed by atoms with Gasteiger partial charge in [0.2, 0.25) is 0 Å². The van der Waals surface area contributed by atoms with Crippen molar-refractivity contribution in [2.75, 3.05) is 33.0 Å². The summed E-state index contributed by atoms with van der Waals surface area (Å²) in [5.74, 6) is 0.714. The SMILES string of the molecule is CCO[Si](CCCNC(=O)OCC/C=C(\C)CC/C=C(\C)CC/C=C(C)/C=C/CC(C)C)(OCC)OCC. The normalized spacial score (nSPS) is 13.6. The molecule has 0 aromatic rings. The van der Waals surface area contributed by atoms with Crippen LogP contribution in [0.15, 0.2) is 47.1 Å². The lowest BCUT2D eigenvalue weighted by Gasteiger charge is -2.28. The van der Waals surface area contributed by atoms with Gasteiger partial charge in [-0.25, -0.2) is 4.79 Å². The summed E-state index contributed by atoms with van der Waals surface area (Å²) >= 11 is 0. The number of carbonyl (C=O) groups is 1. The fourth-order valence-corrected chi connectivity index (χ4v) is 6.49. The van der Waals surface area contributed by atoms with Gasteiger partial charge in [0.1, 0.15) is 0 Å². The number of allylic oxidation sites excluding steroid dienone is 7. The highest BCUT2D eigenvalue weighted by molar-refractivity contribution is 6.60. The zero-order chi connectivity index (χ0) is 28.7. The Labute approximate surface area is 235 Å². The lowest BCUT2D eigenvalue weighted by molar-refractivity contribution is 0.0706. The van der Waals surface area contributed by atoms with E-state index in [1.807, 2.05) is 20.8 Å². The molecule has 0 atom stereocenters. The lowest BCUT2D eigenvalue weighted by Crippen LogP contribution is -2.46. The number of hydrogen-bond acceptors (Lipinski definition) is 5. The minimum atomic E-state index is -2.66. The Hall–Kier alpha value is -1.67. The van der Waals surface area contributed by atoms with Crippen LogP contribution < -0.4 is 5.32 Å². The monoisotopic (exact) mass is 551 g/mol. The Kier molecular flexibility index (Phi) is 22.2. The molecule has 1 amide bonds. The van der Waals surface area contributed by atoms with Crippen molar-refractivity contribution < 1.29 is 22.8 Å². The van der Waals surface area contributed by atoms with Crippen LogP contribution in [0.25, 0.3) is 0 Å². The van der Waals surface area contributed by atoms with E-state index in [1.54, 1.807) is 0 Å². The van der Waals surface area contributed by atoms with E-state index in [0.29, 0.717) is 44.9 Å². The van der Waals surface area contributed by atoms with Gasteiger partial charge in [-0.15, -0.1) is 0 Å². The van der Waals surface area contributed by atoms with Gasteiger partial charge in [0.25, 0.3) is 0 Å². The number of hydrogen-bond donors (Lipinski definition) is 1. The highest BCUT2D eigenvalue weighted by atomic mass is 28.4. The third-order valence-corrected chi connectivity index (χ3v) is 9.04. The Morgan fingerprint density at radius 3 is 1.95 bits per heavy atom. The van der Waals surface area contributed by atoms with Crippen LogP contribution in [-0.4, -0.2) is 47.9 Å². The second kappa shape index (κ2) is 23.2. The van der Waals surface area contributed by atoms with Crippen LogP contribution in [0.1, 0.15) is 100 Å². The van der Waals surface area contributed by atoms with Gasteiger partial charge in [-0.1, -0.05) is 60.9 Å². The van der Waals surface area contributed by atoms with E-state index in [0.717, 1.165) is 44.9 Å². The molecule has 220 valence electrons. The molecule has 0 aromatic carbocycles. The first-order valence-corrected chi connectivity index (χ1v) is 16.6. The maximum Gasteiger partial charge on any atom is 0.500 e. The lowest BCUT2D eigenvalue weighted by atomic mass is 10.1. The summed E-state index contributed by atoms with van der Waals surface area (Å²) < 4.78 is 22.8. The molecule has 0 aliphatic heterocycles. The number of nitrogens with one attached hydrogen (secondary N) is 1. The summed E-state index contributed by atoms with van der Waals surface area (Å²) in [7, 11) is -2.66. The molecule has 0 heterocycles. The molecule has 0 saturated carbocycles. The van der Waals surface area contributed by atoms with E-state index in [4.69, 9.17) is 18.0 Å². The molecule has 0 radical (unpaired) electrons. The van der Waals surface area contributed by atoms with Gasteiger partial charge in [0, 0.05) is 32.4 Å².